The lowest BCUT2D eigenvalue weighted by molar-refractivity contribution is -0.159. The monoisotopic (exact) mass is 646 g/mol. The van der Waals surface area contributed by atoms with Gasteiger partial charge in [-0.15, -0.1) is 0 Å². The molecule has 0 N–H and O–H groups in total. The molecule has 0 radical (unpaired) electrons. The highest BCUT2D eigenvalue weighted by atomic mass is 35.5. The van der Waals surface area contributed by atoms with Crippen molar-refractivity contribution in [2.75, 3.05) is 13.1 Å². The maximum atomic E-state index is 14.5. The molecule has 3 aliphatic rings. The minimum atomic E-state index is -4.72. The lowest BCUT2D eigenvalue weighted by atomic mass is 9.83. The van der Waals surface area contributed by atoms with E-state index in [9.17, 15) is 22.4 Å². The van der Waals surface area contributed by atoms with Crippen LogP contribution >= 0.6 is 35.1 Å². The molecule has 1 unspecified atom stereocenters. The molecule has 11 heteroatoms. The number of carbonyl (C=O) groups excluding carboxylic acids is 1. The van der Waals surface area contributed by atoms with Gasteiger partial charge in [0.15, 0.2) is 10.6 Å². The van der Waals surface area contributed by atoms with Crippen molar-refractivity contribution in [3.8, 4) is 0 Å². The van der Waals surface area contributed by atoms with Gasteiger partial charge in [-0.1, -0.05) is 66.2 Å². The van der Waals surface area contributed by atoms with Crippen LogP contribution in [0.1, 0.15) is 46.0 Å². The van der Waals surface area contributed by atoms with Crippen molar-refractivity contribution in [2.24, 2.45) is 4.40 Å². The average molecular weight is 648 g/mol. The molecule has 222 valence electrons. The molecule has 1 fully saturated rings. The zero-order valence-corrected chi connectivity index (χ0v) is 25.1. The number of fused-ring (bicyclic) bond motifs is 2. The number of benzene rings is 3. The normalized spacial score (nSPS) is 21.7. The first-order valence-electron chi connectivity index (χ1n) is 13.3. The summed E-state index contributed by atoms with van der Waals surface area (Å²) in [5.74, 6) is -1.07. The van der Waals surface area contributed by atoms with E-state index in [4.69, 9.17) is 27.9 Å². The SMILES string of the molecule is C=C/C=c1/ccc(C(=O)N2CC3(C2)OCc2cc(C4=NSC(c5cc(Cl)c(F)c(Cl)c5)(C(F)(F)F)C4)ccc23)c/c1=C/C. The van der Waals surface area contributed by atoms with Gasteiger partial charge < -0.3 is 9.64 Å². The fourth-order valence-corrected chi connectivity index (χ4v) is 7.32. The van der Waals surface area contributed by atoms with E-state index in [1.807, 2.05) is 37.3 Å². The molecule has 3 heterocycles. The van der Waals surface area contributed by atoms with Crippen LogP contribution in [0.3, 0.4) is 0 Å². The third-order valence-corrected chi connectivity index (χ3v) is 9.98. The Kier molecular flexibility index (Phi) is 7.52. The van der Waals surface area contributed by atoms with Crippen LogP contribution in [0.15, 0.2) is 65.6 Å². The maximum absolute atomic E-state index is 14.5. The number of ether oxygens (including phenoxy) is 1. The number of hydrogen-bond acceptors (Lipinski definition) is 4. The number of amides is 1. The first-order valence-corrected chi connectivity index (χ1v) is 14.9. The Hall–Kier alpha value is -3.11. The summed E-state index contributed by atoms with van der Waals surface area (Å²) in [5.41, 5.74) is 2.17. The van der Waals surface area contributed by atoms with Crippen LogP contribution in [0.2, 0.25) is 10.0 Å². The predicted octanol–water partition coefficient (Wildman–Crippen LogP) is 7.08. The topological polar surface area (TPSA) is 41.9 Å². The lowest BCUT2D eigenvalue weighted by Crippen LogP contribution is -2.61. The van der Waals surface area contributed by atoms with Crippen molar-refractivity contribution < 1.29 is 27.1 Å². The molecular formula is C32H24Cl2F4N2O2S. The average Bonchev–Trinajstić information content (AvgIpc) is 3.58. The summed E-state index contributed by atoms with van der Waals surface area (Å²) in [7, 11) is 0. The maximum Gasteiger partial charge on any atom is 0.409 e. The van der Waals surface area contributed by atoms with Crippen LogP contribution in [0, 0.1) is 5.82 Å². The van der Waals surface area contributed by atoms with Gasteiger partial charge in [0.2, 0.25) is 0 Å². The quantitative estimate of drug-likeness (QED) is 0.173. The number of allylic oxidation sites excluding steroid dienone is 1. The second-order valence-corrected chi connectivity index (χ2v) is 12.6. The summed E-state index contributed by atoms with van der Waals surface area (Å²) in [6.07, 6.45) is 0.318. The summed E-state index contributed by atoms with van der Waals surface area (Å²) >= 11 is 12.1. The molecule has 1 saturated heterocycles. The molecule has 0 bridgehead atoms. The Morgan fingerprint density at radius 3 is 2.47 bits per heavy atom. The van der Waals surface area contributed by atoms with Gasteiger partial charge in [0.25, 0.3) is 5.91 Å². The van der Waals surface area contributed by atoms with Gasteiger partial charge in [0.1, 0.15) is 5.60 Å². The molecule has 3 aromatic rings. The fourth-order valence-electron chi connectivity index (χ4n) is 5.87. The largest absolute Gasteiger partial charge is 0.409 e. The van der Waals surface area contributed by atoms with Gasteiger partial charge in [-0.2, -0.15) is 13.2 Å². The molecular weight excluding hydrogens is 623 g/mol. The third kappa shape index (κ3) is 4.90. The highest BCUT2D eigenvalue weighted by molar-refractivity contribution is 7.99. The number of nitrogens with zero attached hydrogens (tertiary/aromatic N) is 2. The predicted molar refractivity (Wildman–Crippen MR) is 162 cm³/mol. The molecule has 0 aliphatic carbocycles. The van der Waals surface area contributed by atoms with E-state index in [2.05, 4.69) is 11.0 Å². The highest BCUT2D eigenvalue weighted by Crippen LogP contribution is 2.57. The fraction of sp³-hybridized carbons (Fsp3) is 0.250. The summed E-state index contributed by atoms with van der Waals surface area (Å²) in [6, 6.07) is 12.8. The second kappa shape index (κ2) is 10.8. The van der Waals surface area contributed by atoms with Crippen molar-refractivity contribution in [3.05, 3.63) is 115 Å². The van der Waals surface area contributed by atoms with Gasteiger partial charge in [-0.25, -0.2) is 8.79 Å². The van der Waals surface area contributed by atoms with Crippen LogP contribution in [0.4, 0.5) is 17.6 Å². The van der Waals surface area contributed by atoms with Gasteiger partial charge in [0.05, 0.1) is 35.5 Å². The first kappa shape index (κ1) is 29.9. The molecule has 4 nitrogen and oxygen atoms in total. The summed E-state index contributed by atoms with van der Waals surface area (Å²) in [5, 5.41) is 0.936. The lowest BCUT2D eigenvalue weighted by Gasteiger charge is -2.47. The molecule has 1 amide bonds. The Morgan fingerprint density at radius 2 is 1.81 bits per heavy atom. The van der Waals surface area contributed by atoms with E-state index in [1.165, 1.54) is 0 Å². The molecule has 3 aromatic carbocycles. The van der Waals surface area contributed by atoms with Crippen molar-refractivity contribution >= 4 is 58.9 Å². The minimum Gasteiger partial charge on any atom is -0.362 e. The zero-order chi connectivity index (χ0) is 30.7. The van der Waals surface area contributed by atoms with Crippen LogP contribution in [-0.4, -0.2) is 35.8 Å². The van der Waals surface area contributed by atoms with E-state index in [0.29, 0.717) is 36.2 Å². The van der Waals surface area contributed by atoms with Crippen LogP contribution < -0.4 is 10.4 Å². The Labute approximate surface area is 259 Å². The molecule has 3 aliphatic heterocycles. The Balaban J connectivity index is 1.22. The van der Waals surface area contributed by atoms with E-state index in [-0.39, 0.29) is 23.8 Å². The molecule has 1 spiro atoms. The van der Waals surface area contributed by atoms with E-state index in [0.717, 1.165) is 33.7 Å². The van der Waals surface area contributed by atoms with Gasteiger partial charge >= 0.3 is 6.18 Å². The number of hydrogen-bond donors (Lipinski definition) is 0. The van der Waals surface area contributed by atoms with Crippen molar-refractivity contribution in [2.45, 2.75) is 36.5 Å². The zero-order valence-electron chi connectivity index (χ0n) is 22.8. The van der Waals surface area contributed by atoms with Crippen LogP contribution in [0.25, 0.3) is 12.2 Å². The van der Waals surface area contributed by atoms with Crippen LogP contribution in [0.5, 0.6) is 0 Å². The molecule has 6 rings (SSSR count). The number of rotatable bonds is 4. The molecule has 0 saturated carbocycles. The van der Waals surface area contributed by atoms with E-state index in [1.54, 1.807) is 29.2 Å². The Bertz CT molecular complexity index is 1810. The second-order valence-electron chi connectivity index (χ2n) is 10.7. The first-order chi connectivity index (χ1) is 20.4. The van der Waals surface area contributed by atoms with Gasteiger partial charge in [-0.05, 0) is 81.9 Å². The number of halogens is 6. The van der Waals surface area contributed by atoms with Crippen molar-refractivity contribution in [1.29, 1.82) is 0 Å². The van der Waals surface area contributed by atoms with Crippen molar-refractivity contribution in [3.63, 3.8) is 0 Å². The van der Waals surface area contributed by atoms with Crippen molar-refractivity contribution in [1.82, 2.24) is 4.90 Å². The summed E-state index contributed by atoms with van der Waals surface area (Å²) in [6.45, 7) is 6.64. The number of likely N-dealkylation sites (tertiary alicyclic amines) is 1. The Morgan fingerprint density at radius 1 is 1.09 bits per heavy atom. The molecule has 1 atom stereocenters. The smallest absolute Gasteiger partial charge is 0.362 e. The number of alkyl halides is 3. The van der Waals surface area contributed by atoms with Crippen LogP contribution in [-0.2, 0) is 21.7 Å². The van der Waals surface area contributed by atoms with Gasteiger partial charge in [-0.3, -0.25) is 4.79 Å². The third-order valence-electron chi connectivity index (χ3n) is 8.19. The van der Waals surface area contributed by atoms with E-state index < -0.39 is 38.8 Å². The standard InChI is InChI=1S/C32H24Cl2F4N2O2S/c1-3-5-19-6-7-21(10-18(19)4-2)29(41)40-16-30(17-40)24-9-8-20(11-22(24)15-42-30)27-14-31(43-39-27,32(36,37)38)23-12-25(33)28(35)26(34)13-23/h3-13H,1,14-17H2,2H3/b18-4-,19-5-. The summed E-state index contributed by atoms with van der Waals surface area (Å²) < 4.78 is 65.5. The minimum absolute atomic E-state index is 0.102. The van der Waals surface area contributed by atoms with Gasteiger partial charge in [0, 0.05) is 12.0 Å². The highest BCUT2D eigenvalue weighted by Gasteiger charge is 2.60. The molecule has 43 heavy (non-hydrogen) atoms. The summed E-state index contributed by atoms with van der Waals surface area (Å²) in [4.78, 5) is 15.0. The number of carbonyl (C=O) groups is 1. The van der Waals surface area contributed by atoms with E-state index >= 15 is 0 Å². The molecule has 0 aromatic heterocycles.